The van der Waals surface area contributed by atoms with E-state index in [0.29, 0.717) is 6.42 Å². The van der Waals surface area contributed by atoms with Gasteiger partial charge in [0.05, 0.1) is 12.5 Å². The number of hydrogen-bond acceptors (Lipinski definition) is 4. The SMILES string of the molecule is O=C(Cc1cccnc1)N1CCCCC1c1nncn1-c1ccccc1. The first-order chi connectivity index (χ1) is 12.8. The van der Waals surface area contributed by atoms with Crippen molar-refractivity contribution in [1.29, 1.82) is 0 Å². The van der Waals surface area contributed by atoms with Crippen LogP contribution in [-0.4, -0.2) is 37.1 Å². The number of pyridine rings is 1. The third kappa shape index (κ3) is 3.35. The Balaban J connectivity index is 1.61. The number of aromatic nitrogens is 4. The van der Waals surface area contributed by atoms with Gasteiger partial charge in [-0.1, -0.05) is 24.3 Å². The normalized spacial score (nSPS) is 17.2. The van der Waals surface area contributed by atoms with Crippen LogP contribution < -0.4 is 0 Å². The molecule has 2 aromatic heterocycles. The van der Waals surface area contributed by atoms with Crippen LogP contribution in [0.4, 0.5) is 0 Å². The van der Waals surface area contributed by atoms with Crippen LogP contribution in [0.5, 0.6) is 0 Å². The number of hydrogen-bond donors (Lipinski definition) is 0. The molecule has 0 N–H and O–H groups in total. The molecular formula is C20H21N5O. The van der Waals surface area contributed by atoms with Crippen LogP contribution in [0.3, 0.4) is 0 Å². The van der Waals surface area contributed by atoms with E-state index in [9.17, 15) is 4.79 Å². The van der Waals surface area contributed by atoms with Crippen molar-refractivity contribution in [1.82, 2.24) is 24.6 Å². The Morgan fingerprint density at radius 3 is 2.81 bits per heavy atom. The molecule has 1 aliphatic rings. The van der Waals surface area contributed by atoms with Crippen molar-refractivity contribution in [3.63, 3.8) is 0 Å². The molecule has 0 radical (unpaired) electrons. The van der Waals surface area contributed by atoms with E-state index in [1.54, 1.807) is 18.7 Å². The maximum absolute atomic E-state index is 13.0. The first kappa shape index (κ1) is 16.4. The number of carbonyl (C=O) groups excluding carboxylic acids is 1. The van der Waals surface area contributed by atoms with Gasteiger partial charge in [-0.3, -0.25) is 14.3 Å². The molecule has 6 heteroatoms. The zero-order chi connectivity index (χ0) is 17.8. The first-order valence-electron chi connectivity index (χ1n) is 8.96. The van der Waals surface area contributed by atoms with Gasteiger partial charge in [0, 0.05) is 24.6 Å². The first-order valence-corrected chi connectivity index (χ1v) is 8.96. The number of carbonyl (C=O) groups is 1. The van der Waals surface area contributed by atoms with Crippen LogP contribution in [-0.2, 0) is 11.2 Å². The van der Waals surface area contributed by atoms with Gasteiger partial charge in [0.1, 0.15) is 6.33 Å². The smallest absolute Gasteiger partial charge is 0.227 e. The van der Waals surface area contributed by atoms with E-state index in [2.05, 4.69) is 15.2 Å². The van der Waals surface area contributed by atoms with Crippen molar-refractivity contribution < 1.29 is 4.79 Å². The quantitative estimate of drug-likeness (QED) is 0.728. The Labute approximate surface area is 152 Å². The Morgan fingerprint density at radius 1 is 1.12 bits per heavy atom. The standard InChI is InChI=1S/C20H21N5O/c26-19(13-16-7-6-11-21-14-16)24-12-5-4-10-18(24)20-23-22-15-25(20)17-8-2-1-3-9-17/h1-3,6-9,11,14-15,18H,4-5,10,12-13H2. The predicted octanol–water partition coefficient (Wildman–Crippen LogP) is 2.96. The van der Waals surface area contributed by atoms with E-state index >= 15 is 0 Å². The average molecular weight is 347 g/mol. The van der Waals surface area contributed by atoms with Crippen LogP contribution in [0, 0.1) is 0 Å². The van der Waals surface area contributed by atoms with Crippen molar-refractivity contribution in [3.05, 3.63) is 72.6 Å². The molecule has 1 aromatic carbocycles. The summed E-state index contributed by atoms with van der Waals surface area (Å²) in [5, 5.41) is 8.48. The van der Waals surface area contributed by atoms with Gasteiger partial charge in [-0.15, -0.1) is 10.2 Å². The van der Waals surface area contributed by atoms with Gasteiger partial charge < -0.3 is 4.90 Å². The molecule has 0 saturated carbocycles. The monoisotopic (exact) mass is 347 g/mol. The molecule has 132 valence electrons. The second-order valence-corrected chi connectivity index (χ2v) is 6.53. The van der Waals surface area contributed by atoms with E-state index < -0.39 is 0 Å². The number of rotatable bonds is 4. The van der Waals surface area contributed by atoms with E-state index in [-0.39, 0.29) is 11.9 Å². The third-order valence-corrected chi connectivity index (χ3v) is 4.81. The minimum atomic E-state index is -0.0457. The summed E-state index contributed by atoms with van der Waals surface area (Å²) in [6.45, 7) is 0.755. The summed E-state index contributed by atoms with van der Waals surface area (Å²) in [5.74, 6) is 0.945. The average Bonchev–Trinajstić information content (AvgIpc) is 3.19. The molecule has 1 unspecified atom stereocenters. The van der Waals surface area contributed by atoms with Crippen LogP contribution in [0.15, 0.2) is 61.2 Å². The van der Waals surface area contributed by atoms with Gasteiger partial charge in [0.15, 0.2) is 5.82 Å². The predicted molar refractivity (Wildman–Crippen MR) is 97.6 cm³/mol. The molecule has 1 atom stereocenters. The van der Waals surface area contributed by atoms with Gasteiger partial charge in [-0.2, -0.15) is 0 Å². The van der Waals surface area contributed by atoms with Crippen LogP contribution in [0.1, 0.15) is 36.7 Å². The van der Waals surface area contributed by atoms with Crippen LogP contribution >= 0.6 is 0 Å². The molecule has 0 spiro atoms. The number of para-hydroxylation sites is 1. The molecule has 6 nitrogen and oxygen atoms in total. The molecule has 3 heterocycles. The summed E-state index contributed by atoms with van der Waals surface area (Å²) in [7, 11) is 0. The topological polar surface area (TPSA) is 63.9 Å². The van der Waals surface area contributed by atoms with Crippen molar-refractivity contribution in [3.8, 4) is 5.69 Å². The lowest BCUT2D eigenvalue weighted by Crippen LogP contribution is -2.40. The Hall–Kier alpha value is -3.02. The highest BCUT2D eigenvalue weighted by Crippen LogP contribution is 2.31. The fourth-order valence-corrected chi connectivity index (χ4v) is 3.54. The molecule has 3 aromatic rings. The Kier molecular flexibility index (Phi) is 4.73. The van der Waals surface area contributed by atoms with Gasteiger partial charge in [-0.25, -0.2) is 0 Å². The fourth-order valence-electron chi connectivity index (χ4n) is 3.54. The Morgan fingerprint density at radius 2 is 2.00 bits per heavy atom. The summed E-state index contributed by atoms with van der Waals surface area (Å²) in [5.41, 5.74) is 1.95. The maximum atomic E-state index is 13.0. The second-order valence-electron chi connectivity index (χ2n) is 6.53. The van der Waals surface area contributed by atoms with Crippen molar-refractivity contribution in [2.75, 3.05) is 6.54 Å². The van der Waals surface area contributed by atoms with Gasteiger partial charge in [0.2, 0.25) is 5.91 Å². The second kappa shape index (κ2) is 7.47. The molecule has 4 rings (SSSR count). The lowest BCUT2D eigenvalue weighted by atomic mass is 10.00. The highest BCUT2D eigenvalue weighted by molar-refractivity contribution is 5.79. The minimum absolute atomic E-state index is 0.0457. The lowest BCUT2D eigenvalue weighted by Gasteiger charge is -2.35. The highest BCUT2D eigenvalue weighted by atomic mass is 16.2. The van der Waals surface area contributed by atoms with Gasteiger partial charge in [0.25, 0.3) is 0 Å². The van der Waals surface area contributed by atoms with Crippen molar-refractivity contribution in [2.45, 2.75) is 31.7 Å². The molecule has 26 heavy (non-hydrogen) atoms. The molecular weight excluding hydrogens is 326 g/mol. The number of likely N-dealkylation sites (tertiary alicyclic amines) is 1. The molecule has 1 fully saturated rings. The molecule has 1 aliphatic heterocycles. The fraction of sp³-hybridized carbons (Fsp3) is 0.300. The van der Waals surface area contributed by atoms with E-state index in [4.69, 9.17) is 0 Å². The zero-order valence-electron chi connectivity index (χ0n) is 14.5. The highest BCUT2D eigenvalue weighted by Gasteiger charge is 2.31. The summed E-state index contributed by atoms with van der Waals surface area (Å²) in [6.07, 6.45) is 8.58. The van der Waals surface area contributed by atoms with E-state index in [0.717, 1.165) is 42.9 Å². The van der Waals surface area contributed by atoms with Gasteiger partial charge in [-0.05, 0) is 43.0 Å². The van der Waals surface area contributed by atoms with Crippen molar-refractivity contribution in [2.24, 2.45) is 0 Å². The number of amides is 1. The lowest BCUT2D eigenvalue weighted by molar-refractivity contribution is -0.134. The number of piperidine rings is 1. The van der Waals surface area contributed by atoms with Crippen LogP contribution in [0.25, 0.3) is 5.69 Å². The molecule has 1 saturated heterocycles. The number of nitrogens with zero attached hydrogens (tertiary/aromatic N) is 5. The third-order valence-electron chi connectivity index (χ3n) is 4.81. The Bertz CT molecular complexity index is 862. The van der Waals surface area contributed by atoms with Crippen LogP contribution in [0.2, 0.25) is 0 Å². The molecule has 1 amide bonds. The molecule has 0 bridgehead atoms. The molecule has 0 aliphatic carbocycles. The maximum Gasteiger partial charge on any atom is 0.227 e. The van der Waals surface area contributed by atoms with Crippen molar-refractivity contribution >= 4 is 5.91 Å². The largest absolute Gasteiger partial charge is 0.332 e. The number of benzene rings is 1. The summed E-state index contributed by atoms with van der Waals surface area (Å²) in [4.78, 5) is 19.0. The minimum Gasteiger partial charge on any atom is -0.332 e. The van der Waals surface area contributed by atoms with E-state index in [1.165, 1.54) is 0 Å². The zero-order valence-corrected chi connectivity index (χ0v) is 14.5. The summed E-state index contributed by atoms with van der Waals surface area (Å²) < 4.78 is 1.99. The van der Waals surface area contributed by atoms with Gasteiger partial charge >= 0.3 is 0 Å². The summed E-state index contributed by atoms with van der Waals surface area (Å²) in [6, 6.07) is 13.8. The van der Waals surface area contributed by atoms with E-state index in [1.807, 2.05) is 51.9 Å². The summed E-state index contributed by atoms with van der Waals surface area (Å²) >= 11 is 0.